The average Bonchev–Trinajstić information content (AvgIpc) is 3.30. The molecule has 0 saturated heterocycles. The number of aromatic nitrogens is 1. The highest BCUT2D eigenvalue weighted by Gasteiger charge is 2.15. The molecular weight excluding hydrogens is 376 g/mol. The zero-order valence-corrected chi connectivity index (χ0v) is 16.5. The molecule has 7 heteroatoms. The maximum absolute atomic E-state index is 12.8. The molecule has 0 aliphatic heterocycles. The fourth-order valence-electron chi connectivity index (χ4n) is 3.07. The third kappa shape index (κ3) is 3.46. The minimum atomic E-state index is -0.421. The SMILES string of the molecule is CCOCCn1c(=NC(=O)c2cc3cccc(OC)c3o2)sc2ccccc21. The van der Waals surface area contributed by atoms with Crippen molar-refractivity contribution in [3.63, 3.8) is 0 Å². The quantitative estimate of drug-likeness (QED) is 0.457. The minimum absolute atomic E-state index is 0.188. The fraction of sp³-hybridized carbons (Fsp3) is 0.238. The molecule has 2 aromatic carbocycles. The van der Waals surface area contributed by atoms with Gasteiger partial charge in [0.1, 0.15) is 0 Å². The van der Waals surface area contributed by atoms with Gasteiger partial charge in [0.25, 0.3) is 0 Å². The van der Waals surface area contributed by atoms with Gasteiger partial charge >= 0.3 is 5.91 Å². The zero-order chi connectivity index (χ0) is 19.5. The van der Waals surface area contributed by atoms with Gasteiger partial charge in [-0.15, -0.1) is 0 Å². The molecule has 0 N–H and O–H groups in total. The maximum Gasteiger partial charge on any atom is 0.315 e. The predicted molar refractivity (Wildman–Crippen MR) is 109 cm³/mol. The highest BCUT2D eigenvalue weighted by molar-refractivity contribution is 7.16. The Morgan fingerprint density at radius 1 is 1.21 bits per heavy atom. The smallest absolute Gasteiger partial charge is 0.315 e. The molecule has 0 fully saturated rings. The van der Waals surface area contributed by atoms with Crippen LogP contribution >= 0.6 is 11.3 Å². The Morgan fingerprint density at radius 2 is 2.07 bits per heavy atom. The summed E-state index contributed by atoms with van der Waals surface area (Å²) in [5.41, 5.74) is 1.58. The number of thiazole rings is 1. The molecule has 0 bridgehead atoms. The van der Waals surface area contributed by atoms with Crippen molar-refractivity contribution in [3.05, 3.63) is 59.1 Å². The first kappa shape index (κ1) is 18.5. The second kappa shape index (κ2) is 8.00. The lowest BCUT2D eigenvalue weighted by Crippen LogP contribution is -2.19. The second-order valence-electron chi connectivity index (χ2n) is 6.11. The molecule has 1 amide bonds. The topological polar surface area (TPSA) is 66.0 Å². The molecule has 4 rings (SSSR count). The number of carbonyl (C=O) groups is 1. The summed E-state index contributed by atoms with van der Waals surface area (Å²) < 4.78 is 19.6. The number of methoxy groups -OCH3 is 1. The highest BCUT2D eigenvalue weighted by Crippen LogP contribution is 2.28. The average molecular weight is 396 g/mol. The molecule has 0 aliphatic carbocycles. The van der Waals surface area contributed by atoms with Gasteiger partial charge in [-0.25, -0.2) is 0 Å². The summed E-state index contributed by atoms with van der Waals surface area (Å²) in [5, 5.41) is 0.804. The number of nitrogens with zero attached hydrogens (tertiary/aromatic N) is 2. The van der Waals surface area contributed by atoms with Gasteiger partial charge in [0.2, 0.25) is 0 Å². The summed E-state index contributed by atoms with van der Waals surface area (Å²) in [6.07, 6.45) is 0. The van der Waals surface area contributed by atoms with Crippen molar-refractivity contribution >= 4 is 38.4 Å². The number of benzene rings is 2. The van der Waals surface area contributed by atoms with Crippen LogP contribution in [0.5, 0.6) is 5.75 Å². The van der Waals surface area contributed by atoms with Gasteiger partial charge in [-0.1, -0.05) is 35.6 Å². The highest BCUT2D eigenvalue weighted by atomic mass is 32.1. The molecule has 0 radical (unpaired) electrons. The normalized spacial score (nSPS) is 12.1. The molecule has 144 valence electrons. The standard InChI is InChI=1S/C21H20N2O4S/c1-3-26-12-11-23-15-8-4-5-10-18(15)28-21(23)22-20(24)17-13-14-7-6-9-16(25-2)19(14)27-17/h4-10,13H,3,11-12H2,1-2H3. The molecule has 6 nitrogen and oxygen atoms in total. The molecule has 2 aromatic heterocycles. The first-order chi connectivity index (χ1) is 13.7. The van der Waals surface area contributed by atoms with Crippen molar-refractivity contribution in [2.75, 3.05) is 20.3 Å². The summed E-state index contributed by atoms with van der Waals surface area (Å²) in [5.74, 6) is 0.355. The van der Waals surface area contributed by atoms with Gasteiger partial charge in [0.15, 0.2) is 21.9 Å². The van der Waals surface area contributed by atoms with Gasteiger partial charge in [-0.05, 0) is 31.2 Å². The lowest BCUT2D eigenvalue weighted by Gasteiger charge is -2.05. The molecule has 0 saturated carbocycles. The van der Waals surface area contributed by atoms with Crippen molar-refractivity contribution in [2.24, 2.45) is 4.99 Å². The first-order valence-corrected chi connectivity index (χ1v) is 9.84. The van der Waals surface area contributed by atoms with Gasteiger partial charge in [-0.2, -0.15) is 4.99 Å². The Morgan fingerprint density at radius 3 is 2.89 bits per heavy atom. The third-order valence-corrected chi connectivity index (χ3v) is 5.45. The Kier molecular flexibility index (Phi) is 5.27. The summed E-state index contributed by atoms with van der Waals surface area (Å²) >= 11 is 1.47. The number of carbonyl (C=O) groups excluding carboxylic acids is 1. The van der Waals surface area contributed by atoms with E-state index in [9.17, 15) is 4.79 Å². The van der Waals surface area contributed by atoms with Gasteiger partial charge < -0.3 is 18.5 Å². The fourth-order valence-corrected chi connectivity index (χ4v) is 4.12. The van der Waals surface area contributed by atoms with Crippen molar-refractivity contribution in [1.82, 2.24) is 4.57 Å². The van der Waals surface area contributed by atoms with Crippen molar-refractivity contribution < 1.29 is 18.7 Å². The number of hydrogen-bond donors (Lipinski definition) is 0. The largest absolute Gasteiger partial charge is 0.493 e. The van der Waals surface area contributed by atoms with Crippen molar-refractivity contribution in [1.29, 1.82) is 0 Å². The van der Waals surface area contributed by atoms with Crippen LogP contribution in [0.4, 0.5) is 0 Å². The van der Waals surface area contributed by atoms with E-state index in [4.69, 9.17) is 13.9 Å². The lowest BCUT2D eigenvalue weighted by atomic mass is 10.2. The minimum Gasteiger partial charge on any atom is -0.493 e. The zero-order valence-electron chi connectivity index (χ0n) is 15.7. The van der Waals surface area contributed by atoms with Crippen LogP contribution in [0.2, 0.25) is 0 Å². The molecule has 2 heterocycles. The van der Waals surface area contributed by atoms with E-state index in [0.29, 0.717) is 35.9 Å². The predicted octanol–water partition coefficient (Wildman–Crippen LogP) is 4.24. The van der Waals surface area contributed by atoms with Crippen LogP contribution in [0.15, 0.2) is 57.9 Å². The summed E-state index contributed by atoms with van der Waals surface area (Å²) in [4.78, 5) is 17.8. The second-order valence-corrected chi connectivity index (χ2v) is 7.12. The summed E-state index contributed by atoms with van der Waals surface area (Å²) in [6, 6.07) is 15.2. The summed E-state index contributed by atoms with van der Waals surface area (Å²) in [7, 11) is 1.57. The summed E-state index contributed by atoms with van der Waals surface area (Å²) in [6.45, 7) is 3.79. The Hall–Kier alpha value is -2.90. The van der Waals surface area contributed by atoms with Crippen LogP contribution in [0.1, 0.15) is 17.5 Å². The van der Waals surface area contributed by atoms with E-state index >= 15 is 0 Å². The van der Waals surface area contributed by atoms with Crippen molar-refractivity contribution in [3.8, 4) is 5.75 Å². The van der Waals surface area contributed by atoms with E-state index in [1.54, 1.807) is 19.2 Å². The molecule has 0 atom stereocenters. The Balaban J connectivity index is 1.76. The number of rotatable bonds is 6. The number of para-hydroxylation sites is 2. The number of ether oxygens (including phenoxy) is 2. The number of fused-ring (bicyclic) bond motifs is 2. The van der Waals surface area contributed by atoms with E-state index in [0.717, 1.165) is 15.6 Å². The molecular formula is C21H20N2O4S. The van der Waals surface area contributed by atoms with Crippen molar-refractivity contribution in [2.45, 2.75) is 13.5 Å². The first-order valence-electron chi connectivity index (χ1n) is 9.03. The Labute approximate surface area is 165 Å². The van der Waals surface area contributed by atoms with Crippen LogP contribution in [-0.4, -0.2) is 30.8 Å². The van der Waals surface area contributed by atoms with E-state index in [2.05, 4.69) is 4.99 Å². The van der Waals surface area contributed by atoms with Gasteiger partial charge in [-0.3, -0.25) is 4.79 Å². The van der Waals surface area contributed by atoms with E-state index in [1.165, 1.54) is 11.3 Å². The maximum atomic E-state index is 12.8. The van der Waals surface area contributed by atoms with E-state index < -0.39 is 5.91 Å². The Bertz CT molecular complexity index is 1200. The monoisotopic (exact) mass is 396 g/mol. The van der Waals surface area contributed by atoms with Gasteiger partial charge in [0.05, 0.1) is 23.9 Å². The van der Waals surface area contributed by atoms with Gasteiger partial charge in [0, 0.05) is 18.5 Å². The van der Waals surface area contributed by atoms with Crippen LogP contribution in [-0.2, 0) is 11.3 Å². The third-order valence-electron chi connectivity index (χ3n) is 4.39. The van der Waals surface area contributed by atoms with Crippen LogP contribution in [0.25, 0.3) is 21.2 Å². The van der Waals surface area contributed by atoms with Crippen LogP contribution < -0.4 is 9.54 Å². The van der Waals surface area contributed by atoms with Crippen LogP contribution in [0.3, 0.4) is 0 Å². The number of amides is 1. The molecule has 28 heavy (non-hydrogen) atoms. The molecule has 4 aromatic rings. The van der Waals surface area contributed by atoms with Crippen LogP contribution in [0, 0.1) is 0 Å². The number of furan rings is 1. The lowest BCUT2D eigenvalue weighted by molar-refractivity contribution is 0.0972. The van der Waals surface area contributed by atoms with E-state index in [1.807, 2.05) is 47.9 Å². The molecule has 0 unspecified atom stereocenters. The molecule has 0 spiro atoms. The molecule has 0 aliphatic rings. The van der Waals surface area contributed by atoms with E-state index in [-0.39, 0.29) is 5.76 Å². The number of hydrogen-bond acceptors (Lipinski definition) is 5.